The maximum Gasteiger partial charge on any atom is 0.263 e. The van der Waals surface area contributed by atoms with Gasteiger partial charge in [-0.3, -0.25) is 4.72 Å². The van der Waals surface area contributed by atoms with Gasteiger partial charge in [0.15, 0.2) is 11.0 Å². The fourth-order valence-electron chi connectivity index (χ4n) is 1.57. The van der Waals surface area contributed by atoms with Crippen molar-refractivity contribution >= 4 is 27.4 Å². The molecule has 0 aliphatic carbocycles. The third-order valence-corrected chi connectivity index (χ3v) is 4.28. The Morgan fingerprint density at radius 1 is 1.16 bits per heavy atom. The topological polar surface area (TPSA) is 72.0 Å². The summed E-state index contributed by atoms with van der Waals surface area (Å²) in [6.07, 6.45) is 2.75. The van der Waals surface area contributed by atoms with Gasteiger partial charge in [0.25, 0.3) is 10.0 Å². The third-order valence-electron chi connectivity index (χ3n) is 2.52. The van der Waals surface area contributed by atoms with Crippen molar-refractivity contribution in [3.63, 3.8) is 0 Å². The molecule has 0 spiro atoms. The molecule has 0 aliphatic rings. The molecule has 0 atom stereocenters. The van der Waals surface area contributed by atoms with Crippen LogP contribution in [0.5, 0.6) is 0 Å². The molecule has 1 heterocycles. The van der Waals surface area contributed by atoms with Gasteiger partial charge in [-0.25, -0.2) is 18.4 Å². The number of hydrogen-bond acceptors (Lipinski definition) is 4. The van der Waals surface area contributed by atoms with Crippen LogP contribution in [0.1, 0.15) is 11.1 Å². The lowest BCUT2D eigenvalue weighted by atomic mass is 10.2. The lowest BCUT2D eigenvalue weighted by Gasteiger charge is -2.10. The molecule has 19 heavy (non-hydrogen) atoms. The van der Waals surface area contributed by atoms with E-state index in [1.807, 2.05) is 13.0 Å². The lowest BCUT2D eigenvalue weighted by molar-refractivity contribution is 0.600. The summed E-state index contributed by atoms with van der Waals surface area (Å²) in [5, 5.41) is 0.0105. The van der Waals surface area contributed by atoms with Gasteiger partial charge in [-0.05, 0) is 31.0 Å². The first-order valence-corrected chi connectivity index (χ1v) is 7.33. The van der Waals surface area contributed by atoms with E-state index in [1.54, 1.807) is 19.1 Å². The second-order valence-electron chi connectivity index (χ2n) is 4.07. The van der Waals surface area contributed by atoms with Crippen LogP contribution in [0.4, 0.5) is 5.82 Å². The number of halogens is 1. The third kappa shape index (κ3) is 3.02. The number of benzene rings is 1. The van der Waals surface area contributed by atoms with Gasteiger partial charge >= 0.3 is 0 Å². The average Bonchev–Trinajstić information content (AvgIpc) is 2.35. The van der Waals surface area contributed by atoms with Crippen LogP contribution in [-0.2, 0) is 10.0 Å². The lowest BCUT2D eigenvalue weighted by Crippen LogP contribution is -2.15. The zero-order chi connectivity index (χ0) is 14.0. The average molecular weight is 298 g/mol. The van der Waals surface area contributed by atoms with Crippen LogP contribution in [0.25, 0.3) is 0 Å². The van der Waals surface area contributed by atoms with E-state index in [0.717, 1.165) is 5.56 Å². The smallest absolute Gasteiger partial charge is 0.261 e. The Bertz CT molecular complexity index is 717. The molecule has 5 nitrogen and oxygen atoms in total. The summed E-state index contributed by atoms with van der Waals surface area (Å²) in [4.78, 5) is 7.83. The molecule has 0 saturated carbocycles. The van der Waals surface area contributed by atoms with Crippen LogP contribution >= 0.6 is 11.6 Å². The molecule has 1 aromatic carbocycles. The fourth-order valence-corrected chi connectivity index (χ4v) is 3.12. The molecule has 2 rings (SSSR count). The van der Waals surface area contributed by atoms with E-state index in [4.69, 9.17) is 11.6 Å². The fraction of sp³-hybridized carbons (Fsp3) is 0.167. The molecular formula is C12H12ClN3O2S. The number of rotatable bonds is 3. The van der Waals surface area contributed by atoms with Crippen molar-refractivity contribution in [3.8, 4) is 0 Å². The Labute approximate surface area is 116 Å². The predicted molar refractivity (Wildman–Crippen MR) is 73.8 cm³/mol. The number of aryl methyl sites for hydroxylation is 2. The van der Waals surface area contributed by atoms with Crippen LogP contribution in [0.2, 0.25) is 5.15 Å². The van der Waals surface area contributed by atoms with Gasteiger partial charge < -0.3 is 0 Å². The highest BCUT2D eigenvalue weighted by Gasteiger charge is 2.19. The standard InChI is InChI=1S/C12H12ClN3O2S/c1-8-3-4-9(2)10(7-8)19(17,18)16-12-11(13)14-5-6-15-12/h3-7H,1-2H3,(H,15,16). The van der Waals surface area contributed by atoms with Gasteiger partial charge in [-0.1, -0.05) is 23.7 Å². The van der Waals surface area contributed by atoms with Crippen molar-refractivity contribution in [3.05, 3.63) is 46.9 Å². The van der Waals surface area contributed by atoms with Gasteiger partial charge in [-0.15, -0.1) is 0 Å². The predicted octanol–water partition coefficient (Wildman–Crippen LogP) is 2.55. The Balaban J connectivity index is 2.44. The molecular weight excluding hydrogens is 286 g/mol. The maximum atomic E-state index is 12.3. The number of anilines is 1. The highest BCUT2D eigenvalue weighted by atomic mass is 35.5. The van der Waals surface area contributed by atoms with Crippen molar-refractivity contribution in [2.24, 2.45) is 0 Å². The number of nitrogens with one attached hydrogen (secondary N) is 1. The Morgan fingerprint density at radius 3 is 2.53 bits per heavy atom. The molecule has 0 radical (unpaired) electrons. The van der Waals surface area contributed by atoms with Gasteiger partial charge in [-0.2, -0.15) is 0 Å². The number of sulfonamides is 1. The number of nitrogens with zero attached hydrogens (tertiary/aromatic N) is 2. The van der Waals surface area contributed by atoms with E-state index >= 15 is 0 Å². The first-order chi connectivity index (χ1) is 8.90. The number of aromatic nitrogens is 2. The van der Waals surface area contributed by atoms with Gasteiger partial charge in [0, 0.05) is 12.4 Å². The van der Waals surface area contributed by atoms with Crippen molar-refractivity contribution in [2.75, 3.05) is 4.72 Å². The molecule has 0 fully saturated rings. The Morgan fingerprint density at radius 2 is 1.84 bits per heavy atom. The van der Waals surface area contributed by atoms with E-state index < -0.39 is 10.0 Å². The Kier molecular flexibility index (Phi) is 3.73. The molecule has 0 unspecified atom stereocenters. The van der Waals surface area contributed by atoms with Crippen LogP contribution in [0.3, 0.4) is 0 Å². The molecule has 7 heteroatoms. The Hall–Kier alpha value is -1.66. The minimum absolute atomic E-state index is 0.0105. The molecule has 100 valence electrons. The van der Waals surface area contributed by atoms with E-state index in [9.17, 15) is 8.42 Å². The van der Waals surface area contributed by atoms with Gasteiger partial charge in [0.05, 0.1) is 4.90 Å². The van der Waals surface area contributed by atoms with Crippen molar-refractivity contribution in [1.29, 1.82) is 0 Å². The van der Waals surface area contributed by atoms with Crippen molar-refractivity contribution < 1.29 is 8.42 Å². The molecule has 0 amide bonds. The monoisotopic (exact) mass is 297 g/mol. The van der Waals surface area contributed by atoms with Crippen LogP contribution in [0, 0.1) is 13.8 Å². The van der Waals surface area contributed by atoms with Crippen molar-refractivity contribution in [2.45, 2.75) is 18.7 Å². The normalized spacial score (nSPS) is 11.3. The molecule has 2 aromatic rings. The van der Waals surface area contributed by atoms with Crippen LogP contribution in [-0.4, -0.2) is 18.4 Å². The SMILES string of the molecule is Cc1ccc(C)c(S(=O)(=O)Nc2nccnc2Cl)c1. The summed E-state index contributed by atoms with van der Waals surface area (Å²) in [7, 11) is -3.73. The summed E-state index contributed by atoms with van der Waals surface area (Å²) in [5.74, 6) is 0.0186. The minimum atomic E-state index is -3.73. The zero-order valence-electron chi connectivity index (χ0n) is 10.4. The second-order valence-corrected chi connectivity index (χ2v) is 6.08. The molecule has 1 N–H and O–H groups in total. The largest absolute Gasteiger partial charge is 0.263 e. The van der Waals surface area contributed by atoms with E-state index in [0.29, 0.717) is 5.56 Å². The van der Waals surface area contributed by atoms with E-state index in [1.165, 1.54) is 12.4 Å². The minimum Gasteiger partial charge on any atom is -0.261 e. The molecule has 0 bridgehead atoms. The first kappa shape index (κ1) is 13.8. The first-order valence-electron chi connectivity index (χ1n) is 5.47. The highest BCUT2D eigenvalue weighted by molar-refractivity contribution is 7.92. The summed E-state index contributed by atoms with van der Waals surface area (Å²) < 4.78 is 26.9. The maximum absolute atomic E-state index is 12.3. The second kappa shape index (κ2) is 5.14. The molecule has 1 aromatic heterocycles. The number of hydrogen-bond donors (Lipinski definition) is 1. The van der Waals surface area contributed by atoms with Crippen LogP contribution in [0.15, 0.2) is 35.5 Å². The molecule has 0 saturated heterocycles. The highest BCUT2D eigenvalue weighted by Crippen LogP contribution is 2.22. The summed E-state index contributed by atoms with van der Waals surface area (Å²) in [5.41, 5.74) is 1.51. The van der Waals surface area contributed by atoms with Gasteiger partial charge in [0.2, 0.25) is 0 Å². The van der Waals surface area contributed by atoms with Gasteiger partial charge in [0.1, 0.15) is 0 Å². The summed E-state index contributed by atoms with van der Waals surface area (Å²) in [6, 6.07) is 5.20. The van der Waals surface area contributed by atoms with E-state index in [-0.39, 0.29) is 15.9 Å². The van der Waals surface area contributed by atoms with Crippen LogP contribution < -0.4 is 4.72 Å². The summed E-state index contributed by atoms with van der Waals surface area (Å²) >= 11 is 5.79. The zero-order valence-corrected chi connectivity index (χ0v) is 12.0. The molecule has 0 aliphatic heterocycles. The van der Waals surface area contributed by atoms with E-state index in [2.05, 4.69) is 14.7 Å². The quantitative estimate of drug-likeness (QED) is 0.945. The van der Waals surface area contributed by atoms with Crippen molar-refractivity contribution in [1.82, 2.24) is 9.97 Å². The summed E-state index contributed by atoms with van der Waals surface area (Å²) in [6.45, 7) is 3.56.